The highest BCUT2D eigenvalue weighted by atomic mass is 16.6. The molecule has 5 nitrogen and oxygen atoms in total. The Bertz CT molecular complexity index is 843. The van der Waals surface area contributed by atoms with Gasteiger partial charge in [0, 0.05) is 25.4 Å². The number of unbranched alkanes of at least 4 members (excludes halogenated alkanes) is 2. The lowest BCUT2D eigenvalue weighted by molar-refractivity contribution is 0.105. The summed E-state index contributed by atoms with van der Waals surface area (Å²) in [4.78, 5) is 19.8. The molecule has 2 N–H and O–H groups in total. The van der Waals surface area contributed by atoms with Crippen LogP contribution >= 0.6 is 0 Å². The minimum absolute atomic E-state index is 0.555. The monoisotopic (exact) mass is 403 g/mol. The summed E-state index contributed by atoms with van der Waals surface area (Å²) in [5.74, 6) is 0. The largest absolute Gasteiger partial charge is 0.424 e. The van der Waals surface area contributed by atoms with Crippen LogP contribution in [-0.4, -0.2) is 31.3 Å². The molecule has 1 atom stereocenters. The second-order valence-corrected chi connectivity index (χ2v) is 6.63. The number of allylic oxidation sites excluding steroid dienone is 2. The first-order chi connectivity index (χ1) is 14.7. The molecule has 0 saturated heterocycles. The van der Waals surface area contributed by atoms with Crippen molar-refractivity contribution in [2.45, 2.75) is 31.9 Å². The summed E-state index contributed by atoms with van der Waals surface area (Å²) in [6.07, 6.45) is 13.3. The van der Waals surface area contributed by atoms with E-state index in [-0.39, 0.29) is 0 Å². The van der Waals surface area contributed by atoms with Crippen LogP contribution in [0.5, 0.6) is 0 Å². The Labute approximate surface area is 178 Å². The summed E-state index contributed by atoms with van der Waals surface area (Å²) >= 11 is 0. The molecule has 5 heteroatoms. The van der Waals surface area contributed by atoms with E-state index >= 15 is 0 Å². The first kappa shape index (κ1) is 22.8. The van der Waals surface area contributed by atoms with Crippen LogP contribution in [0.2, 0.25) is 0 Å². The van der Waals surface area contributed by atoms with Crippen molar-refractivity contribution in [3.05, 3.63) is 83.9 Å². The number of benzene rings is 2. The van der Waals surface area contributed by atoms with E-state index in [1.807, 2.05) is 79.0 Å². The number of ether oxygens (including phenoxy) is 1. The van der Waals surface area contributed by atoms with Gasteiger partial charge in [0.2, 0.25) is 0 Å². The van der Waals surface area contributed by atoms with Crippen LogP contribution in [0.25, 0.3) is 12.2 Å². The topological polar surface area (TPSA) is 77.0 Å². The maximum Gasteiger partial charge on any atom is 0.406 e. The summed E-state index contributed by atoms with van der Waals surface area (Å²) in [7, 11) is 0. The van der Waals surface area contributed by atoms with Gasteiger partial charge in [-0.25, -0.2) is 4.79 Å². The van der Waals surface area contributed by atoms with Crippen molar-refractivity contribution in [2.75, 3.05) is 6.54 Å². The lowest BCUT2D eigenvalue weighted by atomic mass is 10.2. The highest BCUT2D eigenvalue weighted by Gasteiger charge is 2.08. The number of nitrogens with zero attached hydrogens (tertiary/aromatic N) is 2. The normalized spacial score (nSPS) is 12.9. The quantitative estimate of drug-likeness (QED) is 0.373. The molecule has 0 radical (unpaired) electrons. The van der Waals surface area contributed by atoms with E-state index < -0.39 is 12.3 Å². The fourth-order valence-electron chi connectivity index (χ4n) is 2.71. The lowest BCUT2D eigenvalue weighted by Gasteiger charge is -2.11. The predicted octanol–water partition coefficient (Wildman–Crippen LogP) is 5.54. The van der Waals surface area contributed by atoms with Crippen LogP contribution in [0.3, 0.4) is 0 Å². The Morgan fingerprint density at radius 1 is 0.867 bits per heavy atom. The molecule has 2 aromatic rings. The van der Waals surface area contributed by atoms with Gasteiger partial charge in [0.15, 0.2) is 6.23 Å². The molecule has 0 aliphatic rings. The van der Waals surface area contributed by atoms with Crippen LogP contribution in [0, 0.1) is 0 Å². The van der Waals surface area contributed by atoms with Crippen molar-refractivity contribution in [2.24, 2.45) is 15.7 Å². The van der Waals surface area contributed by atoms with E-state index in [4.69, 9.17) is 10.5 Å². The number of hydrogen-bond donors (Lipinski definition) is 1. The zero-order chi connectivity index (χ0) is 21.3. The molecule has 0 aliphatic heterocycles. The standard InChI is InChI=1S/C25H29N3O2/c26-25(29)30-24(28-21-11-17-23-14-6-2-7-15-23)18-8-3-9-19-27-20-10-16-22-12-4-1-5-13-22/h1-2,4-7,10-17,20-21,24H,3,8-9,18-19H2,(H2,26,29)/b16-10+,17-11+,27-20?,28-21?. The van der Waals surface area contributed by atoms with Crippen molar-refractivity contribution in [3.8, 4) is 0 Å². The zero-order valence-electron chi connectivity index (χ0n) is 17.1. The molecule has 156 valence electrons. The van der Waals surface area contributed by atoms with Crippen molar-refractivity contribution in [1.82, 2.24) is 0 Å². The van der Waals surface area contributed by atoms with Crippen LogP contribution < -0.4 is 5.73 Å². The number of rotatable bonds is 12. The second kappa shape index (κ2) is 14.5. The van der Waals surface area contributed by atoms with E-state index in [9.17, 15) is 4.79 Å². The van der Waals surface area contributed by atoms with Crippen LogP contribution in [0.1, 0.15) is 36.8 Å². The second-order valence-electron chi connectivity index (χ2n) is 6.63. The molecule has 0 bridgehead atoms. The van der Waals surface area contributed by atoms with Gasteiger partial charge in [0.1, 0.15) is 0 Å². The zero-order valence-corrected chi connectivity index (χ0v) is 17.1. The van der Waals surface area contributed by atoms with Crippen molar-refractivity contribution in [1.29, 1.82) is 0 Å². The predicted molar refractivity (Wildman–Crippen MR) is 126 cm³/mol. The number of nitrogens with two attached hydrogens (primary N) is 1. The van der Waals surface area contributed by atoms with Gasteiger partial charge in [0.25, 0.3) is 0 Å². The van der Waals surface area contributed by atoms with E-state index in [0.717, 1.165) is 36.9 Å². The van der Waals surface area contributed by atoms with Gasteiger partial charge >= 0.3 is 6.09 Å². The summed E-state index contributed by atoms with van der Waals surface area (Å²) in [5.41, 5.74) is 7.39. The average molecular weight is 404 g/mol. The molecule has 2 aromatic carbocycles. The Balaban J connectivity index is 1.64. The van der Waals surface area contributed by atoms with E-state index in [1.165, 1.54) is 0 Å². The van der Waals surface area contributed by atoms with E-state index in [2.05, 4.69) is 22.1 Å². The van der Waals surface area contributed by atoms with Gasteiger partial charge in [-0.1, -0.05) is 79.2 Å². The highest BCUT2D eigenvalue weighted by molar-refractivity contribution is 5.78. The van der Waals surface area contributed by atoms with Crippen molar-refractivity contribution in [3.63, 3.8) is 0 Å². The van der Waals surface area contributed by atoms with Crippen LogP contribution in [0.15, 0.2) is 82.8 Å². The number of amides is 1. The first-order valence-corrected chi connectivity index (χ1v) is 10.2. The summed E-state index contributed by atoms with van der Waals surface area (Å²) in [6, 6.07) is 20.0. The van der Waals surface area contributed by atoms with Crippen LogP contribution in [-0.2, 0) is 4.74 Å². The molecule has 2 rings (SSSR count). The Morgan fingerprint density at radius 3 is 2.07 bits per heavy atom. The number of carbonyl (C=O) groups excluding carboxylic acids is 1. The lowest BCUT2D eigenvalue weighted by Crippen LogP contribution is -2.21. The SMILES string of the molecule is NC(=O)OC(CCCCCN=C/C=C/c1ccccc1)N=C/C=C/c1ccccc1. The van der Waals surface area contributed by atoms with Gasteiger partial charge < -0.3 is 10.5 Å². The third-order valence-corrected chi connectivity index (χ3v) is 4.20. The molecule has 0 spiro atoms. The fourth-order valence-corrected chi connectivity index (χ4v) is 2.71. The van der Waals surface area contributed by atoms with E-state index in [1.54, 1.807) is 6.21 Å². The number of hydrogen-bond acceptors (Lipinski definition) is 4. The van der Waals surface area contributed by atoms with E-state index in [0.29, 0.717) is 6.42 Å². The molecule has 0 aliphatic carbocycles. The maximum atomic E-state index is 11.1. The van der Waals surface area contributed by atoms with Gasteiger partial charge in [-0.05, 0) is 36.1 Å². The molecule has 0 saturated carbocycles. The molecule has 1 unspecified atom stereocenters. The smallest absolute Gasteiger partial charge is 0.406 e. The molecule has 1 amide bonds. The van der Waals surface area contributed by atoms with Gasteiger partial charge in [-0.15, -0.1) is 0 Å². The third kappa shape index (κ3) is 10.8. The van der Waals surface area contributed by atoms with Gasteiger partial charge in [-0.2, -0.15) is 0 Å². The number of carbonyl (C=O) groups is 1. The van der Waals surface area contributed by atoms with Crippen LogP contribution in [0.4, 0.5) is 4.79 Å². The summed E-state index contributed by atoms with van der Waals surface area (Å²) in [5, 5.41) is 0. The molecule has 0 fully saturated rings. The first-order valence-electron chi connectivity index (χ1n) is 10.2. The third-order valence-electron chi connectivity index (χ3n) is 4.20. The molecular formula is C25H29N3O2. The number of primary amides is 1. The minimum atomic E-state index is -0.806. The highest BCUT2D eigenvalue weighted by Crippen LogP contribution is 2.09. The Morgan fingerprint density at radius 2 is 1.47 bits per heavy atom. The van der Waals surface area contributed by atoms with Gasteiger partial charge in [-0.3, -0.25) is 9.98 Å². The molecular weight excluding hydrogens is 374 g/mol. The fraction of sp³-hybridized carbons (Fsp3) is 0.240. The average Bonchev–Trinajstić information content (AvgIpc) is 2.76. The Hall–Kier alpha value is -3.47. The molecule has 0 heterocycles. The minimum Gasteiger partial charge on any atom is -0.424 e. The Kier molecular flexibility index (Phi) is 11.0. The molecule has 0 aromatic heterocycles. The summed E-state index contributed by atoms with van der Waals surface area (Å²) in [6.45, 7) is 0.767. The van der Waals surface area contributed by atoms with Crippen molar-refractivity contribution < 1.29 is 9.53 Å². The van der Waals surface area contributed by atoms with Crippen molar-refractivity contribution >= 4 is 30.7 Å². The molecule has 30 heavy (non-hydrogen) atoms. The maximum absolute atomic E-state index is 11.1. The summed E-state index contributed by atoms with van der Waals surface area (Å²) < 4.78 is 5.07. The van der Waals surface area contributed by atoms with Gasteiger partial charge in [0.05, 0.1) is 0 Å². The number of aliphatic imine (C=N–C) groups is 2.